The van der Waals surface area contributed by atoms with Crippen LogP contribution in [0.25, 0.3) is 5.69 Å². The van der Waals surface area contributed by atoms with Crippen LogP contribution in [0.15, 0.2) is 32.3 Å². The van der Waals surface area contributed by atoms with E-state index in [4.69, 9.17) is 10.9 Å². The normalized spacial score (nSPS) is 11.9. The molecule has 0 aliphatic heterocycles. The summed E-state index contributed by atoms with van der Waals surface area (Å²) in [4.78, 5) is 0. The number of rotatable bonds is 2. The Morgan fingerprint density at radius 2 is 2.05 bits per heavy atom. The Morgan fingerprint density at radius 1 is 1.37 bits per heavy atom. The first-order valence-electron chi connectivity index (χ1n) is 5.45. The maximum absolute atomic E-state index is 8.67. The van der Waals surface area contributed by atoms with Crippen molar-refractivity contribution in [2.75, 3.05) is 0 Å². The molecule has 0 amide bonds. The van der Waals surface area contributed by atoms with Gasteiger partial charge in [0.15, 0.2) is 5.84 Å². The number of hydrogen-bond donors (Lipinski definition) is 2. The van der Waals surface area contributed by atoms with Crippen molar-refractivity contribution >= 4 is 37.7 Å². The zero-order valence-corrected chi connectivity index (χ0v) is 13.5. The molecule has 2 aromatic rings. The molecule has 0 saturated carbocycles. The lowest BCUT2D eigenvalue weighted by atomic mass is 10.2. The summed E-state index contributed by atoms with van der Waals surface area (Å²) in [6, 6.07) is 5.43. The van der Waals surface area contributed by atoms with E-state index >= 15 is 0 Å². The molecule has 2 rings (SSSR count). The highest BCUT2D eigenvalue weighted by Crippen LogP contribution is 2.27. The maximum atomic E-state index is 8.67. The van der Waals surface area contributed by atoms with Gasteiger partial charge in [-0.1, -0.05) is 5.16 Å². The van der Waals surface area contributed by atoms with Gasteiger partial charge in [-0.05, 0) is 63.9 Å². The van der Waals surface area contributed by atoms with E-state index < -0.39 is 0 Å². The lowest BCUT2D eigenvalue weighted by Gasteiger charge is -2.08. The molecule has 0 spiro atoms. The van der Waals surface area contributed by atoms with Gasteiger partial charge in [-0.25, -0.2) is 4.68 Å². The van der Waals surface area contributed by atoms with Gasteiger partial charge in [0.25, 0.3) is 0 Å². The van der Waals surface area contributed by atoms with Crippen LogP contribution in [0.2, 0.25) is 0 Å². The summed E-state index contributed by atoms with van der Waals surface area (Å²) in [5.41, 5.74) is 9.02. The second kappa shape index (κ2) is 5.34. The number of oxime groups is 1. The largest absolute Gasteiger partial charge is 0.409 e. The van der Waals surface area contributed by atoms with Gasteiger partial charge in [0.2, 0.25) is 0 Å². The number of amidine groups is 1. The minimum Gasteiger partial charge on any atom is -0.409 e. The molecular formula is C12H12Br2N4O. The van der Waals surface area contributed by atoms with Gasteiger partial charge in [0.05, 0.1) is 21.5 Å². The first-order chi connectivity index (χ1) is 8.95. The van der Waals surface area contributed by atoms with E-state index in [1.807, 2.05) is 24.6 Å². The maximum Gasteiger partial charge on any atom is 0.170 e. The highest BCUT2D eigenvalue weighted by Gasteiger charge is 2.13. The Labute approximate surface area is 127 Å². The first-order valence-corrected chi connectivity index (χ1v) is 7.04. The third-order valence-corrected chi connectivity index (χ3v) is 4.57. The fraction of sp³-hybridized carbons (Fsp3) is 0.167. The number of hydrogen-bond acceptors (Lipinski definition) is 3. The summed E-state index contributed by atoms with van der Waals surface area (Å²) in [6.07, 6.45) is 0. The molecule has 0 saturated heterocycles. The molecule has 100 valence electrons. The molecule has 0 aliphatic rings. The molecule has 0 radical (unpaired) electrons. The number of aryl methyl sites for hydroxylation is 1. The molecule has 1 aromatic carbocycles. The molecule has 5 nitrogen and oxygen atoms in total. The van der Waals surface area contributed by atoms with Gasteiger partial charge in [-0.2, -0.15) is 5.10 Å². The smallest absolute Gasteiger partial charge is 0.170 e. The predicted octanol–water partition coefficient (Wildman–Crippen LogP) is 3.11. The van der Waals surface area contributed by atoms with Crippen molar-refractivity contribution in [2.24, 2.45) is 10.9 Å². The minimum atomic E-state index is 0.0711. The van der Waals surface area contributed by atoms with E-state index in [1.165, 1.54) is 0 Å². The topological polar surface area (TPSA) is 76.4 Å². The lowest BCUT2D eigenvalue weighted by molar-refractivity contribution is 0.318. The predicted molar refractivity (Wildman–Crippen MR) is 80.9 cm³/mol. The van der Waals surface area contributed by atoms with Crippen molar-refractivity contribution in [2.45, 2.75) is 13.8 Å². The molecule has 0 bridgehead atoms. The molecule has 0 aliphatic carbocycles. The van der Waals surface area contributed by atoms with Gasteiger partial charge in [-0.3, -0.25) is 0 Å². The zero-order chi connectivity index (χ0) is 14.2. The van der Waals surface area contributed by atoms with Crippen LogP contribution >= 0.6 is 31.9 Å². The van der Waals surface area contributed by atoms with Crippen molar-refractivity contribution in [3.8, 4) is 5.69 Å². The van der Waals surface area contributed by atoms with Crippen molar-refractivity contribution in [1.82, 2.24) is 9.78 Å². The molecule has 0 atom stereocenters. The van der Waals surface area contributed by atoms with Crippen LogP contribution in [0.3, 0.4) is 0 Å². The van der Waals surface area contributed by atoms with Crippen molar-refractivity contribution in [3.63, 3.8) is 0 Å². The van der Waals surface area contributed by atoms with E-state index in [-0.39, 0.29) is 5.84 Å². The Balaban J connectivity index is 2.55. The Kier molecular flexibility index (Phi) is 3.96. The molecule has 7 heteroatoms. The minimum absolute atomic E-state index is 0.0711. The summed E-state index contributed by atoms with van der Waals surface area (Å²) in [5.74, 6) is 0.0711. The van der Waals surface area contributed by atoms with Crippen LogP contribution in [0.4, 0.5) is 0 Å². The number of nitrogens with two attached hydrogens (primary N) is 1. The summed E-state index contributed by atoms with van der Waals surface area (Å²) >= 11 is 6.98. The highest BCUT2D eigenvalue weighted by molar-refractivity contribution is 9.11. The summed E-state index contributed by atoms with van der Waals surface area (Å²) in [7, 11) is 0. The third-order valence-electron chi connectivity index (χ3n) is 2.78. The third kappa shape index (κ3) is 2.52. The molecule has 1 aromatic heterocycles. The average Bonchev–Trinajstić information content (AvgIpc) is 2.65. The van der Waals surface area contributed by atoms with Crippen LogP contribution in [0, 0.1) is 13.8 Å². The number of nitrogens with zero attached hydrogens (tertiary/aromatic N) is 3. The van der Waals surface area contributed by atoms with E-state index in [0.29, 0.717) is 5.56 Å². The average molecular weight is 388 g/mol. The van der Waals surface area contributed by atoms with Crippen LogP contribution in [0.1, 0.15) is 17.0 Å². The van der Waals surface area contributed by atoms with Crippen LogP contribution in [-0.4, -0.2) is 20.8 Å². The quantitative estimate of drug-likeness (QED) is 0.359. The second-order valence-corrected chi connectivity index (χ2v) is 5.70. The lowest BCUT2D eigenvalue weighted by Crippen LogP contribution is -2.13. The Hall–Kier alpha value is -1.34. The van der Waals surface area contributed by atoms with Gasteiger partial charge >= 0.3 is 0 Å². The van der Waals surface area contributed by atoms with Gasteiger partial charge < -0.3 is 10.9 Å². The van der Waals surface area contributed by atoms with Crippen LogP contribution in [-0.2, 0) is 0 Å². The summed E-state index contributed by atoms with van der Waals surface area (Å²) in [5, 5.41) is 16.1. The van der Waals surface area contributed by atoms with Crippen LogP contribution < -0.4 is 5.73 Å². The van der Waals surface area contributed by atoms with E-state index in [9.17, 15) is 0 Å². The number of aromatic nitrogens is 2. The monoisotopic (exact) mass is 386 g/mol. The molecule has 19 heavy (non-hydrogen) atoms. The SMILES string of the molecule is Cc1nn(-c2ccc(/C(N)=N/O)cc2Br)c(C)c1Br. The molecular weight excluding hydrogens is 376 g/mol. The van der Waals surface area contributed by atoms with Gasteiger partial charge in [0, 0.05) is 10.0 Å². The fourth-order valence-corrected chi connectivity index (χ4v) is 2.55. The van der Waals surface area contributed by atoms with E-state index in [1.54, 1.807) is 12.1 Å². The van der Waals surface area contributed by atoms with Gasteiger partial charge in [0.1, 0.15) is 0 Å². The fourth-order valence-electron chi connectivity index (χ4n) is 1.75. The second-order valence-electron chi connectivity index (χ2n) is 4.05. The van der Waals surface area contributed by atoms with Crippen molar-refractivity contribution in [1.29, 1.82) is 0 Å². The number of halogens is 2. The molecule has 0 fully saturated rings. The Bertz CT molecular complexity index is 664. The van der Waals surface area contributed by atoms with Gasteiger partial charge in [-0.15, -0.1) is 0 Å². The highest BCUT2D eigenvalue weighted by atomic mass is 79.9. The van der Waals surface area contributed by atoms with Crippen molar-refractivity contribution < 1.29 is 5.21 Å². The molecule has 0 unspecified atom stereocenters. The standard InChI is InChI=1S/C12H12Br2N4O/c1-6-11(14)7(2)18(16-6)10-4-3-8(5-9(10)13)12(15)17-19/h3-5,19H,1-2H3,(H2,15,17). The zero-order valence-electron chi connectivity index (χ0n) is 10.4. The van der Waals surface area contributed by atoms with Crippen LogP contribution in [0.5, 0.6) is 0 Å². The first kappa shape index (κ1) is 14.1. The number of benzene rings is 1. The summed E-state index contributed by atoms with van der Waals surface area (Å²) < 4.78 is 3.63. The van der Waals surface area contributed by atoms with E-state index in [2.05, 4.69) is 42.1 Å². The molecule has 1 heterocycles. The van der Waals surface area contributed by atoms with E-state index in [0.717, 1.165) is 26.0 Å². The van der Waals surface area contributed by atoms with Crippen molar-refractivity contribution in [3.05, 3.63) is 44.1 Å². The Morgan fingerprint density at radius 3 is 2.53 bits per heavy atom. The summed E-state index contributed by atoms with van der Waals surface area (Å²) in [6.45, 7) is 3.92. The molecule has 3 N–H and O–H groups in total.